The lowest BCUT2D eigenvalue weighted by Crippen LogP contribution is -2.58. The van der Waals surface area contributed by atoms with Crippen molar-refractivity contribution in [3.8, 4) is 0 Å². The minimum atomic E-state index is -1.74. The Balaban J connectivity index is 2.52. The largest absolute Gasteiger partial charge is 0.389 e. The van der Waals surface area contributed by atoms with E-state index in [1.54, 1.807) is 0 Å². The third-order valence-corrected chi connectivity index (χ3v) is 1.86. The van der Waals surface area contributed by atoms with E-state index in [1.165, 1.54) is 0 Å². The quantitative estimate of drug-likeness (QED) is 0.469. The summed E-state index contributed by atoms with van der Waals surface area (Å²) < 4.78 is 24.7. The van der Waals surface area contributed by atoms with Crippen LogP contribution in [0.3, 0.4) is 0 Å². The van der Waals surface area contributed by atoms with E-state index >= 15 is 0 Å². The fraction of sp³-hybridized carbons (Fsp3) is 1.00. The predicted octanol–water partition coefficient (Wildman–Crippen LogP) is -1.01. The van der Waals surface area contributed by atoms with Crippen LogP contribution >= 0.6 is 0 Å². The van der Waals surface area contributed by atoms with E-state index in [-0.39, 0.29) is 6.54 Å². The van der Waals surface area contributed by atoms with Crippen LogP contribution in [0.4, 0.5) is 8.78 Å². The van der Waals surface area contributed by atoms with Crippen molar-refractivity contribution in [2.75, 3.05) is 13.2 Å². The van der Waals surface area contributed by atoms with Crippen molar-refractivity contribution in [1.29, 1.82) is 0 Å². The standard InChI is InChI=1S/C6H11F2NO2/c7-1-3-6(11)5(8)4(10)2-9-3/h3-6,9-11H,1-2H2/t3-,4+,5-,6-/m1/s1. The minimum Gasteiger partial charge on any atom is -0.389 e. The first-order chi connectivity index (χ1) is 5.16. The van der Waals surface area contributed by atoms with Crippen molar-refractivity contribution in [3.05, 3.63) is 0 Å². The second-order valence-electron chi connectivity index (χ2n) is 2.67. The molecule has 0 spiro atoms. The fourth-order valence-electron chi connectivity index (χ4n) is 1.10. The molecule has 3 nitrogen and oxygen atoms in total. The number of aliphatic hydroxyl groups excluding tert-OH is 2. The van der Waals surface area contributed by atoms with E-state index in [4.69, 9.17) is 10.2 Å². The minimum absolute atomic E-state index is 0.00713. The van der Waals surface area contributed by atoms with E-state index in [9.17, 15) is 8.78 Å². The van der Waals surface area contributed by atoms with Crippen LogP contribution in [-0.2, 0) is 0 Å². The van der Waals surface area contributed by atoms with Crippen LogP contribution in [0, 0.1) is 0 Å². The molecule has 0 amide bonds. The molecule has 0 aromatic carbocycles. The first-order valence-corrected chi connectivity index (χ1v) is 3.46. The maximum atomic E-state index is 12.7. The van der Waals surface area contributed by atoms with Gasteiger partial charge in [0.05, 0.1) is 6.04 Å². The van der Waals surface area contributed by atoms with Gasteiger partial charge in [0.2, 0.25) is 0 Å². The highest BCUT2D eigenvalue weighted by Crippen LogP contribution is 2.13. The monoisotopic (exact) mass is 167 g/mol. The number of alkyl halides is 2. The van der Waals surface area contributed by atoms with Gasteiger partial charge in [0.1, 0.15) is 18.9 Å². The molecule has 66 valence electrons. The summed E-state index contributed by atoms with van der Waals surface area (Å²) in [5.41, 5.74) is 0. The number of hydrogen-bond acceptors (Lipinski definition) is 3. The molecule has 1 aliphatic heterocycles. The summed E-state index contributed by atoms with van der Waals surface area (Å²) in [6.07, 6.45) is -4.41. The van der Waals surface area contributed by atoms with E-state index in [0.717, 1.165) is 0 Å². The zero-order valence-corrected chi connectivity index (χ0v) is 5.87. The van der Waals surface area contributed by atoms with Crippen LogP contribution < -0.4 is 5.32 Å². The average Bonchev–Trinajstić information content (AvgIpc) is 2.01. The topological polar surface area (TPSA) is 52.5 Å². The second-order valence-corrected chi connectivity index (χ2v) is 2.67. The molecule has 0 aromatic heterocycles. The van der Waals surface area contributed by atoms with Crippen molar-refractivity contribution in [1.82, 2.24) is 5.32 Å². The van der Waals surface area contributed by atoms with Crippen molar-refractivity contribution < 1.29 is 19.0 Å². The predicted molar refractivity (Wildman–Crippen MR) is 34.7 cm³/mol. The summed E-state index contributed by atoms with van der Waals surface area (Å²) in [6, 6.07) is -0.881. The van der Waals surface area contributed by atoms with Crippen molar-refractivity contribution in [2.24, 2.45) is 0 Å². The lowest BCUT2D eigenvalue weighted by Gasteiger charge is -2.33. The van der Waals surface area contributed by atoms with Gasteiger partial charge < -0.3 is 15.5 Å². The Morgan fingerprint density at radius 3 is 2.64 bits per heavy atom. The van der Waals surface area contributed by atoms with Gasteiger partial charge in [-0.3, -0.25) is 0 Å². The first-order valence-electron chi connectivity index (χ1n) is 3.46. The normalized spacial score (nSPS) is 45.8. The van der Waals surface area contributed by atoms with E-state index < -0.39 is 31.1 Å². The summed E-state index contributed by atoms with van der Waals surface area (Å²) >= 11 is 0. The maximum absolute atomic E-state index is 12.7. The van der Waals surface area contributed by atoms with Gasteiger partial charge in [-0.25, -0.2) is 8.78 Å². The Bertz CT molecular complexity index is 134. The Labute approximate surface area is 63.0 Å². The smallest absolute Gasteiger partial charge is 0.154 e. The molecule has 1 saturated heterocycles. The highest BCUT2D eigenvalue weighted by atomic mass is 19.1. The van der Waals surface area contributed by atoms with E-state index in [2.05, 4.69) is 5.32 Å². The highest BCUT2D eigenvalue weighted by molar-refractivity contribution is 4.91. The van der Waals surface area contributed by atoms with Crippen LogP contribution in [0.15, 0.2) is 0 Å². The summed E-state index contributed by atoms with van der Waals surface area (Å²) in [4.78, 5) is 0. The Morgan fingerprint density at radius 1 is 1.45 bits per heavy atom. The molecule has 1 aliphatic rings. The molecule has 4 atom stereocenters. The van der Waals surface area contributed by atoms with Crippen LogP contribution in [-0.4, -0.2) is 47.9 Å². The van der Waals surface area contributed by atoms with Gasteiger partial charge in [0, 0.05) is 6.54 Å². The molecule has 1 fully saturated rings. The lowest BCUT2D eigenvalue weighted by atomic mass is 9.98. The van der Waals surface area contributed by atoms with Crippen LogP contribution in [0.25, 0.3) is 0 Å². The number of piperidine rings is 1. The summed E-state index contributed by atoms with van der Waals surface area (Å²) in [5, 5.41) is 20.3. The number of halogens is 2. The molecule has 0 unspecified atom stereocenters. The fourth-order valence-corrected chi connectivity index (χ4v) is 1.10. The zero-order chi connectivity index (χ0) is 8.43. The number of aliphatic hydroxyl groups is 2. The van der Waals surface area contributed by atoms with E-state index in [0.29, 0.717) is 0 Å². The lowest BCUT2D eigenvalue weighted by molar-refractivity contribution is -0.0573. The Morgan fingerprint density at radius 2 is 2.09 bits per heavy atom. The maximum Gasteiger partial charge on any atom is 0.154 e. The van der Waals surface area contributed by atoms with Crippen molar-refractivity contribution >= 4 is 0 Å². The van der Waals surface area contributed by atoms with Gasteiger partial charge in [0.15, 0.2) is 6.17 Å². The van der Waals surface area contributed by atoms with Gasteiger partial charge in [-0.2, -0.15) is 0 Å². The van der Waals surface area contributed by atoms with E-state index in [1.807, 2.05) is 0 Å². The average molecular weight is 167 g/mol. The second kappa shape index (κ2) is 3.42. The molecule has 1 rings (SSSR count). The summed E-state index contributed by atoms with van der Waals surface area (Å²) in [5.74, 6) is 0. The van der Waals surface area contributed by atoms with Gasteiger partial charge in [-0.05, 0) is 0 Å². The zero-order valence-electron chi connectivity index (χ0n) is 5.87. The van der Waals surface area contributed by atoms with Gasteiger partial charge in [-0.15, -0.1) is 0 Å². The van der Waals surface area contributed by atoms with Crippen LogP contribution in [0.1, 0.15) is 0 Å². The third kappa shape index (κ3) is 1.66. The molecule has 0 radical (unpaired) electrons. The van der Waals surface area contributed by atoms with Crippen LogP contribution in [0.2, 0.25) is 0 Å². The SMILES string of the molecule is O[C@H]1[C@H](F)[C@@H](O)CN[C@@H]1CF. The molecule has 11 heavy (non-hydrogen) atoms. The summed E-state index contributed by atoms with van der Waals surface area (Å²) in [7, 11) is 0. The molecule has 0 aromatic rings. The molecule has 0 bridgehead atoms. The van der Waals surface area contributed by atoms with Crippen molar-refractivity contribution in [2.45, 2.75) is 24.4 Å². The number of β-amino-alcohol motifs (C(OH)–C–C–N with tert-alkyl or cyclic N) is 1. The Kier molecular flexibility index (Phi) is 2.75. The number of hydrogen-bond donors (Lipinski definition) is 3. The Hall–Kier alpha value is -0.260. The summed E-state index contributed by atoms with van der Waals surface area (Å²) in [6.45, 7) is -0.832. The molecule has 3 N–H and O–H groups in total. The number of rotatable bonds is 1. The molecule has 0 aliphatic carbocycles. The highest BCUT2D eigenvalue weighted by Gasteiger charge is 2.37. The van der Waals surface area contributed by atoms with Gasteiger partial charge in [0.25, 0.3) is 0 Å². The molecule has 1 heterocycles. The molecular weight excluding hydrogens is 156 g/mol. The van der Waals surface area contributed by atoms with Gasteiger partial charge in [-0.1, -0.05) is 0 Å². The molecule has 0 saturated carbocycles. The molecule has 5 heteroatoms. The van der Waals surface area contributed by atoms with Gasteiger partial charge >= 0.3 is 0 Å². The third-order valence-electron chi connectivity index (χ3n) is 1.86. The van der Waals surface area contributed by atoms with Crippen molar-refractivity contribution in [3.63, 3.8) is 0 Å². The van der Waals surface area contributed by atoms with Crippen LogP contribution in [0.5, 0.6) is 0 Å². The molecular formula is C6H11F2NO2. The number of nitrogens with one attached hydrogen (secondary N) is 1. The first kappa shape index (κ1) is 8.83.